The van der Waals surface area contributed by atoms with Gasteiger partial charge >= 0.3 is 0 Å². The molecule has 146 valence electrons. The maximum Gasteiger partial charge on any atom is 0.249 e. The molecule has 2 aromatic carbocycles. The van der Waals surface area contributed by atoms with E-state index in [0.29, 0.717) is 18.5 Å². The van der Waals surface area contributed by atoms with E-state index in [2.05, 4.69) is 5.32 Å². The second kappa shape index (κ2) is 9.64. The van der Waals surface area contributed by atoms with Crippen molar-refractivity contribution in [2.45, 2.75) is 31.6 Å². The Hall–Kier alpha value is -2.22. The highest BCUT2D eigenvalue weighted by Gasteiger charge is 2.29. The van der Waals surface area contributed by atoms with Crippen molar-refractivity contribution in [2.24, 2.45) is 5.73 Å². The van der Waals surface area contributed by atoms with Crippen molar-refractivity contribution in [2.75, 3.05) is 6.54 Å². The van der Waals surface area contributed by atoms with E-state index < -0.39 is 17.7 Å². The van der Waals surface area contributed by atoms with Gasteiger partial charge in [0.25, 0.3) is 0 Å². The van der Waals surface area contributed by atoms with Crippen molar-refractivity contribution in [3.63, 3.8) is 0 Å². The minimum Gasteiger partial charge on any atom is -0.451 e. The van der Waals surface area contributed by atoms with Gasteiger partial charge in [-0.15, -0.1) is 12.4 Å². The number of ether oxygens (including phenoxy) is 2. The van der Waals surface area contributed by atoms with E-state index in [1.54, 1.807) is 12.1 Å². The summed E-state index contributed by atoms with van der Waals surface area (Å²) in [7, 11) is 0. The zero-order valence-corrected chi connectivity index (χ0v) is 15.3. The predicted octanol–water partition coefficient (Wildman–Crippen LogP) is 3.30. The number of carbonyl (C=O) groups is 1. The summed E-state index contributed by atoms with van der Waals surface area (Å²) in [6.45, 7) is 0.543. The number of benzene rings is 2. The molecule has 1 saturated heterocycles. The third-order valence-corrected chi connectivity index (χ3v) is 4.18. The summed E-state index contributed by atoms with van der Waals surface area (Å²) in [5.74, 6) is -1.60. The van der Waals surface area contributed by atoms with Crippen LogP contribution in [0.2, 0.25) is 0 Å². The molecule has 2 aromatic rings. The first-order chi connectivity index (χ1) is 12.6. The lowest BCUT2D eigenvalue weighted by Gasteiger charge is -2.13. The highest BCUT2D eigenvalue weighted by Crippen LogP contribution is 2.27. The van der Waals surface area contributed by atoms with Crippen molar-refractivity contribution in [1.82, 2.24) is 5.32 Å². The Balaban J connectivity index is 0.00000261. The van der Waals surface area contributed by atoms with Crippen molar-refractivity contribution in [3.05, 3.63) is 59.7 Å². The molecule has 2 atom stereocenters. The summed E-state index contributed by atoms with van der Waals surface area (Å²) in [4.78, 5) is 12.1. The number of rotatable bonds is 6. The van der Waals surface area contributed by atoms with Gasteiger partial charge in [-0.05, 0) is 42.7 Å². The molecule has 0 unspecified atom stereocenters. The van der Waals surface area contributed by atoms with Gasteiger partial charge in [-0.25, -0.2) is 8.78 Å². The van der Waals surface area contributed by atoms with Crippen molar-refractivity contribution >= 4 is 18.3 Å². The lowest BCUT2D eigenvalue weighted by molar-refractivity contribution is -0.132. The van der Waals surface area contributed by atoms with Gasteiger partial charge in [-0.1, -0.05) is 18.2 Å². The van der Waals surface area contributed by atoms with E-state index in [9.17, 15) is 13.6 Å². The van der Waals surface area contributed by atoms with Crippen LogP contribution < -0.4 is 15.8 Å². The molecule has 0 aromatic heterocycles. The fourth-order valence-electron chi connectivity index (χ4n) is 2.76. The quantitative estimate of drug-likeness (QED) is 0.783. The van der Waals surface area contributed by atoms with Crippen molar-refractivity contribution in [1.29, 1.82) is 0 Å². The van der Waals surface area contributed by atoms with Crippen LogP contribution in [0, 0.1) is 11.6 Å². The number of hydrogen-bond donors (Lipinski definition) is 2. The van der Waals surface area contributed by atoms with E-state index in [1.165, 1.54) is 30.3 Å². The topological polar surface area (TPSA) is 73.6 Å². The summed E-state index contributed by atoms with van der Waals surface area (Å²) in [6, 6.07) is 10.0. The molecular weight excluding hydrogens is 378 g/mol. The number of amides is 1. The Kier molecular flexibility index (Phi) is 7.53. The molecule has 8 heteroatoms. The molecule has 1 heterocycles. The summed E-state index contributed by atoms with van der Waals surface area (Å²) in [5.41, 5.74) is 6.08. The molecule has 3 rings (SSSR count). The minimum absolute atomic E-state index is 0. The number of carbonyl (C=O) groups excluding carboxylic acids is 1. The molecule has 27 heavy (non-hydrogen) atoms. The maximum absolute atomic E-state index is 14.2. The number of nitrogens with two attached hydrogens (primary N) is 1. The number of nitrogens with one attached hydrogen (secondary N) is 1. The number of hydrogen-bond acceptors (Lipinski definition) is 4. The highest BCUT2D eigenvalue weighted by molar-refractivity contribution is 5.85. The van der Waals surface area contributed by atoms with E-state index in [1.807, 2.05) is 0 Å². The standard InChI is InChI=1S/C19H20F2N2O3.ClH/c20-14-3-1-2-4-16(14)26-17-7-5-12(9-15(17)21)11-23-19(24)18-8-6-13(10-22)25-18;/h1-5,7,9,13,18H,6,8,10-11,22H2,(H,23,24);1H/t13-,18+;/m1./s1. The molecule has 0 radical (unpaired) electrons. The molecule has 0 saturated carbocycles. The smallest absolute Gasteiger partial charge is 0.249 e. The Morgan fingerprint density at radius 2 is 1.89 bits per heavy atom. The first-order valence-corrected chi connectivity index (χ1v) is 8.41. The number of halogens is 3. The van der Waals surface area contributed by atoms with Crippen LogP contribution in [0.25, 0.3) is 0 Å². The average Bonchev–Trinajstić information content (AvgIpc) is 3.13. The van der Waals surface area contributed by atoms with Gasteiger partial charge < -0.3 is 20.5 Å². The highest BCUT2D eigenvalue weighted by atomic mass is 35.5. The summed E-state index contributed by atoms with van der Waals surface area (Å²) in [6.07, 6.45) is 0.776. The molecule has 3 N–H and O–H groups in total. The van der Waals surface area contributed by atoms with E-state index in [0.717, 1.165) is 6.42 Å². The van der Waals surface area contributed by atoms with Gasteiger partial charge in [0.1, 0.15) is 6.10 Å². The first kappa shape index (κ1) is 21.1. The van der Waals surface area contributed by atoms with Gasteiger partial charge in [0.05, 0.1) is 6.10 Å². The van der Waals surface area contributed by atoms with Gasteiger partial charge in [0.2, 0.25) is 5.91 Å². The average molecular weight is 399 g/mol. The van der Waals surface area contributed by atoms with Crippen LogP contribution in [-0.2, 0) is 16.1 Å². The van der Waals surface area contributed by atoms with Crippen LogP contribution in [0.15, 0.2) is 42.5 Å². The molecule has 1 aliphatic heterocycles. The monoisotopic (exact) mass is 398 g/mol. The summed E-state index contributed by atoms with van der Waals surface area (Å²) < 4.78 is 38.5. The molecule has 1 amide bonds. The van der Waals surface area contributed by atoms with Crippen molar-refractivity contribution in [3.8, 4) is 11.5 Å². The van der Waals surface area contributed by atoms with Gasteiger partial charge in [-0.2, -0.15) is 0 Å². The fourth-order valence-corrected chi connectivity index (χ4v) is 2.76. The van der Waals surface area contributed by atoms with Crippen LogP contribution in [0.1, 0.15) is 18.4 Å². The van der Waals surface area contributed by atoms with Crippen LogP contribution in [-0.4, -0.2) is 24.7 Å². The van der Waals surface area contributed by atoms with Crippen LogP contribution in [0.3, 0.4) is 0 Å². The Morgan fingerprint density at radius 1 is 1.15 bits per heavy atom. The zero-order chi connectivity index (χ0) is 18.5. The first-order valence-electron chi connectivity index (χ1n) is 8.41. The second-order valence-corrected chi connectivity index (χ2v) is 6.07. The van der Waals surface area contributed by atoms with Crippen LogP contribution in [0.5, 0.6) is 11.5 Å². The molecule has 0 aliphatic carbocycles. The van der Waals surface area contributed by atoms with E-state index >= 15 is 0 Å². The second-order valence-electron chi connectivity index (χ2n) is 6.07. The molecule has 0 bridgehead atoms. The van der Waals surface area contributed by atoms with Crippen LogP contribution >= 0.6 is 12.4 Å². The molecule has 5 nitrogen and oxygen atoms in total. The van der Waals surface area contributed by atoms with Crippen LogP contribution in [0.4, 0.5) is 8.78 Å². The van der Waals surface area contributed by atoms with E-state index in [4.69, 9.17) is 15.2 Å². The Morgan fingerprint density at radius 3 is 2.56 bits per heavy atom. The Labute approximate surface area is 162 Å². The minimum atomic E-state index is -0.639. The third-order valence-electron chi connectivity index (χ3n) is 4.18. The number of para-hydroxylation sites is 1. The zero-order valence-electron chi connectivity index (χ0n) is 14.5. The summed E-state index contributed by atoms with van der Waals surface area (Å²) >= 11 is 0. The Bertz CT molecular complexity index is 791. The van der Waals surface area contributed by atoms with Gasteiger partial charge in [-0.3, -0.25) is 4.79 Å². The third kappa shape index (κ3) is 5.38. The molecule has 1 aliphatic rings. The van der Waals surface area contributed by atoms with Gasteiger partial charge in [0, 0.05) is 13.1 Å². The maximum atomic E-state index is 14.2. The SMILES string of the molecule is Cl.NC[C@H]1CC[C@@H](C(=O)NCc2ccc(Oc3ccccc3F)c(F)c2)O1. The fraction of sp³-hybridized carbons (Fsp3) is 0.316. The molecule has 1 fully saturated rings. The van der Waals surface area contributed by atoms with Gasteiger partial charge in [0.15, 0.2) is 23.1 Å². The normalized spacial score (nSPS) is 18.6. The largest absolute Gasteiger partial charge is 0.451 e. The molecule has 0 spiro atoms. The molecular formula is C19H21ClF2N2O3. The predicted molar refractivity (Wildman–Crippen MR) is 98.9 cm³/mol. The lowest BCUT2D eigenvalue weighted by atomic mass is 10.1. The van der Waals surface area contributed by atoms with Crippen molar-refractivity contribution < 1.29 is 23.0 Å². The summed E-state index contributed by atoms with van der Waals surface area (Å²) in [5, 5.41) is 2.72. The van der Waals surface area contributed by atoms with E-state index in [-0.39, 0.29) is 42.5 Å². The lowest BCUT2D eigenvalue weighted by Crippen LogP contribution is -2.35.